The Bertz CT molecular complexity index is 178. The van der Waals surface area contributed by atoms with Gasteiger partial charge in [0.1, 0.15) is 6.29 Å². The van der Waals surface area contributed by atoms with E-state index in [1.54, 1.807) is 0 Å². The summed E-state index contributed by atoms with van der Waals surface area (Å²) in [5.74, 6) is 3.04. The van der Waals surface area contributed by atoms with Gasteiger partial charge in [-0.1, -0.05) is 6.92 Å². The van der Waals surface area contributed by atoms with Gasteiger partial charge in [0.2, 0.25) is 0 Å². The van der Waals surface area contributed by atoms with Gasteiger partial charge in [-0.3, -0.25) is 0 Å². The Morgan fingerprint density at radius 2 is 2.50 bits per heavy atom. The van der Waals surface area contributed by atoms with Crippen molar-refractivity contribution in [3.63, 3.8) is 0 Å². The van der Waals surface area contributed by atoms with E-state index in [1.807, 2.05) is 6.92 Å². The van der Waals surface area contributed by atoms with Gasteiger partial charge < -0.3 is 4.79 Å². The Balaban J connectivity index is 2.59. The molecule has 10 heavy (non-hydrogen) atoms. The number of carbonyl (C=O) groups excluding carboxylic acids is 1. The molecule has 54 valence electrons. The van der Waals surface area contributed by atoms with E-state index in [1.165, 1.54) is 0 Å². The highest BCUT2D eigenvalue weighted by molar-refractivity contribution is 5.59. The Labute approximate surface area is 61.8 Å². The Hall–Kier alpha value is -0.770. The molecule has 1 nitrogen and oxygen atoms in total. The number of hydrogen-bond donors (Lipinski definition) is 0. The summed E-state index contributed by atoms with van der Waals surface area (Å²) in [6, 6.07) is 0. The highest BCUT2D eigenvalue weighted by atomic mass is 16.1. The van der Waals surface area contributed by atoms with E-state index in [-0.39, 0.29) is 5.41 Å². The lowest BCUT2D eigenvalue weighted by atomic mass is 9.90. The first-order valence-corrected chi connectivity index (χ1v) is 3.63. The highest BCUT2D eigenvalue weighted by Crippen LogP contribution is 2.39. The molecule has 2 unspecified atom stereocenters. The van der Waals surface area contributed by atoms with Crippen molar-refractivity contribution >= 4 is 6.29 Å². The minimum atomic E-state index is -0.114. The molecule has 0 N–H and O–H groups in total. The highest BCUT2D eigenvalue weighted by Gasteiger charge is 2.33. The molecule has 0 bridgehead atoms. The fourth-order valence-corrected chi connectivity index (χ4v) is 1.52. The molecule has 0 heterocycles. The Kier molecular flexibility index (Phi) is 1.80. The lowest BCUT2D eigenvalue weighted by molar-refractivity contribution is -0.115. The quantitative estimate of drug-likeness (QED) is 0.395. The molecule has 0 aromatic rings. The molecule has 1 heteroatoms. The lowest BCUT2D eigenvalue weighted by Gasteiger charge is -2.12. The number of terminal acetylenes is 1. The van der Waals surface area contributed by atoms with E-state index in [4.69, 9.17) is 6.42 Å². The third kappa shape index (κ3) is 1.21. The van der Waals surface area contributed by atoms with Crippen LogP contribution in [0, 0.1) is 23.7 Å². The normalized spacial score (nSPS) is 39.0. The van der Waals surface area contributed by atoms with Crippen LogP contribution in [0.1, 0.15) is 26.2 Å². The summed E-state index contributed by atoms with van der Waals surface area (Å²) >= 11 is 0. The van der Waals surface area contributed by atoms with Gasteiger partial charge in [0, 0.05) is 11.3 Å². The van der Waals surface area contributed by atoms with Crippen LogP contribution in [-0.4, -0.2) is 6.29 Å². The van der Waals surface area contributed by atoms with Crippen molar-refractivity contribution in [3.8, 4) is 12.3 Å². The molecular weight excluding hydrogens is 124 g/mol. The zero-order chi connectivity index (χ0) is 7.61. The third-order valence-corrected chi connectivity index (χ3v) is 2.30. The average molecular weight is 136 g/mol. The maximum atomic E-state index is 10.5. The molecule has 0 aromatic carbocycles. The Morgan fingerprint density at radius 1 is 1.80 bits per heavy atom. The SMILES string of the molecule is C#CC1CCC(C)(C=O)C1. The molecule has 1 rings (SSSR count). The van der Waals surface area contributed by atoms with Gasteiger partial charge in [-0.15, -0.1) is 12.3 Å². The average Bonchev–Trinajstić information content (AvgIpc) is 2.33. The molecule has 0 spiro atoms. The molecule has 0 aromatic heterocycles. The largest absolute Gasteiger partial charge is 0.303 e. The zero-order valence-electron chi connectivity index (χ0n) is 6.26. The molecule has 2 atom stereocenters. The smallest absolute Gasteiger partial charge is 0.125 e. The van der Waals surface area contributed by atoms with E-state index in [9.17, 15) is 4.79 Å². The van der Waals surface area contributed by atoms with E-state index < -0.39 is 0 Å². The van der Waals surface area contributed by atoms with Crippen molar-refractivity contribution in [1.29, 1.82) is 0 Å². The van der Waals surface area contributed by atoms with Crippen molar-refractivity contribution in [2.75, 3.05) is 0 Å². The third-order valence-electron chi connectivity index (χ3n) is 2.30. The first kappa shape index (κ1) is 7.34. The number of aldehydes is 1. The summed E-state index contributed by atoms with van der Waals surface area (Å²) in [4.78, 5) is 10.5. The first-order chi connectivity index (χ1) is 4.70. The minimum Gasteiger partial charge on any atom is -0.303 e. The van der Waals surface area contributed by atoms with Crippen molar-refractivity contribution in [2.24, 2.45) is 11.3 Å². The second-order valence-corrected chi connectivity index (χ2v) is 3.38. The number of rotatable bonds is 1. The van der Waals surface area contributed by atoms with Gasteiger partial charge >= 0.3 is 0 Å². The van der Waals surface area contributed by atoms with Crippen molar-refractivity contribution in [2.45, 2.75) is 26.2 Å². The monoisotopic (exact) mass is 136 g/mol. The summed E-state index contributed by atoms with van der Waals surface area (Å²) in [6.45, 7) is 1.98. The van der Waals surface area contributed by atoms with Crippen LogP contribution < -0.4 is 0 Å². The van der Waals surface area contributed by atoms with Crippen LogP contribution in [0.25, 0.3) is 0 Å². The van der Waals surface area contributed by atoms with E-state index in [0.717, 1.165) is 25.5 Å². The van der Waals surface area contributed by atoms with Crippen LogP contribution in [0.4, 0.5) is 0 Å². The Morgan fingerprint density at radius 3 is 2.80 bits per heavy atom. The first-order valence-electron chi connectivity index (χ1n) is 3.63. The van der Waals surface area contributed by atoms with Crippen molar-refractivity contribution < 1.29 is 4.79 Å². The number of carbonyl (C=O) groups is 1. The maximum Gasteiger partial charge on any atom is 0.125 e. The predicted octanol–water partition coefficient (Wildman–Crippen LogP) is 1.62. The molecular formula is C9H12O. The van der Waals surface area contributed by atoms with Gasteiger partial charge in [0.25, 0.3) is 0 Å². The van der Waals surface area contributed by atoms with Crippen LogP contribution >= 0.6 is 0 Å². The molecule has 1 aliphatic rings. The minimum absolute atomic E-state index is 0.114. The topological polar surface area (TPSA) is 17.1 Å². The van der Waals surface area contributed by atoms with Gasteiger partial charge in [0.15, 0.2) is 0 Å². The molecule has 1 saturated carbocycles. The molecule has 1 fully saturated rings. The van der Waals surface area contributed by atoms with Gasteiger partial charge in [-0.05, 0) is 19.3 Å². The molecule has 1 aliphatic carbocycles. The van der Waals surface area contributed by atoms with Crippen LogP contribution in [0.15, 0.2) is 0 Å². The number of hydrogen-bond acceptors (Lipinski definition) is 1. The van der Waals surface area contributed by atoms with E-state index >= 15 is 0 Å². The molecule has 0 saturated heterocycles. The van der Waals surface area contributed by atoms with Crippen LogP contribution in [0.2, 0.25) is 0 Å². The summed E-state index contributed by atoms with van der Waals surface area (Å²) in [5, 5.41) is 0. The van der Waals surface area contributed by atoms with Crippen molar-refractivity contribution in [1.82, 2.24) is 0 Å². The maximum absolute atomic E-state index is 10.5. The predicted molar refractivity (Wildman–Crippen MR) is 40.3 cm³/mol. The van der Waals surface area contributed by atoms with E-state index in [0.29, 0.717) is 5.92 Å². The zero-order valence-corrected chi connectivity index (χ0v) is 6.26. The summed E-state index contributed by atoms with van der Waals surface area (Å²) in [7, 11) is 0. The van der Waals surface area contributed by atoms with Crippen LogP contribution in [0.3, 0.4) is 0 Å². The fourth-order valence-electron chi connectivity index (χ4n) is 1.52. The molecule has 0 aliphatic heterocycles. The second kappa shape index (κ2) is 2.46. The fraction of sp³-hybridized carbons (Fsp3) is 0.667. The molecule has 0 radical (unpaired) electrons. The van der Waals surface area contributed by atoms with E-state index in [2.05, 4.69) is 5.92 Å². The second-order valence-electron chi connectivity index (χ2n) is 3.38. The standard InChI is InChI=1S/C9H12O/c1-3-8-4-5-9(2,6-8)7-10/h1,7-8H,4-6H2,2H3. The van der Waals surface area contributed by atoms with Crippen LogP contribution in [0.5, 0.6) is 0 Å². The lowest BCUT2D eigenvalue weighted by Crippen LogP contribution is -2.12. The van der Waals surface area contributed by atoms with Crippen LogP contribution in [-0.2, 0) is 4.79 Å². The van der Waals surface area contributed by atoms with Gasteiger partial charge in [-0.2, -0.15) is 0 Å². The summed E-state index contributed by atoms with van der Waals surface area (Å²) in [5.41, 5.74) is -0.114. The van der Waals surface area contributed by atoms with Gasteiger partial charge in [-0.25, -0.2) is 0 Å². The summed E-state index contributed by atoms with van der Waals surface area (Å²) in [6.07, 6.45) is 9.15. The molecule has 0 amide bonds. The van der Waals surface area contributed by atoms with Crippen molar-refractivity contribution in [3.05, 3.63) is 0 Å². The summed E-state index contributed by atoms with van der Waals surface area (Å²) < 4.78 is 0. The van der Waals surface area contributed by atoms with Gasteiger partial charge in [0.05, 0.1) is 0 Å².